The highest BCUT2D eigenvalue weighted by molar-refractivity contribution is 6.30. The molecule has 0 aliphatic carbocycles. The molecule has 0 saturated carbocycles. The van der Waals surface area contributed by atoms with Crippen molar-refractivity contribution in [3.63, 3.8) is 0 Å². The van der Waals surface area contributed by atoms with Gasteiger partial charge in [-0.3, -0.25) is 0 Å². The van der Waals surface area contributed by atoms with Gasteiger partial charge in [-0.1, -0.05) is 41.1 Å². The van der Waals surface area contributed by atoms with Crippen molar-refractivity contribution in [2.45, 2.75) is 18.4 Å². The summed E-state index contributed by atoms with van der Waals surface area (Å²) in [6.07, 6.45) is 2.53. The van der Waals surface area contributed by atoms with Crippen LogP contribution in [0.1, 0.15) is 18.4 Å². The highest BCUT2D eigenvalue weighted by atomic mass is 35.5. The maximum absolute atomic E-state index is 10.6. The minimum Gasteiger partial charge on any atom is -0.377 e. The molecule has 2 heterocycles. The van der Waals surface area contributed by atoms with Crippen molar-refractivity contribution < 1.29 is 5.11 Å². The number of anilines is 1. The third-order valence-corrected chi connectivity index (χ3v) is 4.24. The summed E-state index contributed by atoms with van der Waals surface area (Å²) >= 11 is 11.8. The fourth-order valence-corrected chi connectivity index (χ4v) is 2.81. The summed E-state index contributed by atoms with van der Waals surface area (Å²) < 4.78 is 0. The molecule has 1 aliphatic rings. The standard InChI is InChI=1S/C17H15Cl2N3O/c18-14-3-1-2-13(10-14)4-5-17(23)6-8-22(9-7-17)16-11-15(19)20-12-21-16/h1-3,10-12,23H,6-9H2. The lowest BCUT2D eigenvalue weighted by molar-refractivity contribution is 0.0745. The topological polar surface area (TPSA) is 49.2 Å². The lowest BCUT2D eigenvalue weighted by atomic mass is 9.91. The molecule has 2 aromatic rings. The molecule has 1 aromatic carbocycles. The molecule has 3 rings (SSSR count). The Morgan fingerprint density at radius 3 is 2.61 bits per heavy atom. The summed E-state index contributed by atoms with van der Waals surface area (Å²) in [5.41, 5.74) is -0.189. The molecule has 0 bridgehead atoms. The highest BCUT2D eigenvalue weighted by Gasteiger charge is 2.31. The first-order valence-electron chi connectivity index (χ1n) is 7.28. The van der Waals surface area contributed by atoms with Gasteiger partial charge in [0.15, 0.2) is 0 Å². The number of piperidine rings is 1. The van der Waals surface area contributed by atoms with Crippen molar-refractivity contribution in [3.8, 4) is 11.8 Å². The first-order chi connectivity index (χ1) is 11.0. The molecule has 4 nitrogen and oxygen atoms in total. The first kappa shape index (κ1) is 16.1. The van der Waals surface area contributed by atoms with E-state index < -0.39 is 5.60 Å². The number of halogens is 2. The van der Waals surface area contributed by atoms with Gasteiger partial charge in [-0.15, -0.1) is 0 Å². The van der Waals surface area contributed by atoms with Crippen LogP contribution in [0.5, 0.6) is 0 Å². The zero-order valence-corrected chi connectivity index (χ0v) is 13.8. The van der Waals surface area contributed by atoms with E-state index >= 15 is 0 Å². The first-order valence-corrected chi connectivity index (χ1v) is 8.03. The molecule has 0 amide bonds. The Morgan fingerprint density at radius 2 is 1.91 bits per heavy atom. The second kappa shape index (κ2) is 6.76. The predicted octanol–water partition coefficient (Wildman–Crippen LogP) is 3.17. The number of nitrogens with zero attached hydrogens (tertiary/aromatic N) is 3. The monoisotopic (exact) mass is 347 g/mol. The Kier molecular flexibility index (Phi) is 4.72. The van der Waals surface area contributed by atoms with Crippen LogP contribution in [-0.2, 0) is 0 Å². The fraction of sp³-hybridized carbons (Fsp3) is 0.294. The van der Waals surface area contributed by atoms with Crippen LogP contribution in [0.4, 0.5) is 5.82 Å². The van der Waals surface area contributed by atoms with Crippen molar-refractivity contribution in [2.75, 3.05) is 18.0 Å². The van der Waals surface area contributed by atoms with E-state index in [2.05, 4.69) is 26.7 Å². The lowest BCUT2D eigenvalue weighted by Crippen LogP contribution is -2.44. The molecule has 1 aliphatic heterocycles. The van der Waals surface area contributed by atoms with Crippen LogP contribution in [0.2, 0.25) is 10.2 Å². The zero-order chi connectivity index (χ0) is 16.3. The molecule has 6 heteroatoms. The summed E-state index contributed by atoms with van der Waals surface area (Å²) in [5.74, 6) is 6.77. The Labute approximate surface area is 145 Å². The fourth-order valence-electron chi connectivity index (χ4n) is 2.48. The Bertz CT molecular complexity index is 762. The number of rotatable bonds is 1. The third-order valence-electron chi connectivity index (χ3n) is 3.80. The van der Waals surface area contributed by atoms with Gasteiger partial charge >= 0.3 is 0 Å². The van der Waals surface area contributed by atoms with E-state index in [-0.39, 0.29) is 0 Å². The highest BCUT2D eigenvalue weighted by Crippen LogP contribution is 2.25. The summed E-state index contributed by atoms with van der Waals surface area (Å²) in [6, 6.07) is 9.03. The number of hydrogen-bond donors (Lipinski definition) is 1. The molecule has 23 heavy (non-hydrogen) atoms. The zero-order valence-electron chi connectivity index (χ0n) is 12.3. The smallest absolute Gasteiger partial charge is 0.134 e. The SMILES string of the molecule is OC1(C#Cc2cccc(Cl)c2)CCN(c2cc(Cl)ncn2)CC1. The van der Waals surface area contributed by atoms with Gasteiger partial charge < -0.3 is 10.0 Å². The largest absolute Gasteiger partial charge is 0.377 e. The quantitative estimate of drug-likeness (QED) is 0.635. The van der Waals surface area contributed by atoms with Gasteiger partial charge in [-0.2, -0.15) is 0 Å². The molecule has 1 fully saturated rings. The number of aliphatic hydroxyl groups is 1. The minimum atomic E-state index is -0.990. The molecule has 1 saturated heterocycles. The van der Waals surface area contributed by atoms with Crippen LogP contribution in [-0.4, -0.2) is 33.8 Å². The average molecular weight is 348 g/mol. The van der Waals surface area contributed by atoms with E-state index in [1.54, 1.807) is 18.2 Å². The van der Waals surface area contributed by atoms with Crippen LogP contribution >= 0.6 is 23.2 Å². The molecule has 1 N–H and O–H groups in total. The van der Waals surface area contributed by atoms with Gasteiger partial charge in [0.05, 0.1) is 0 Å². The van der Waals surface area contributed by atoms with Gasteiger partial charge in [0.1, 0.15) is 22.9 Å². The average Bonchev–Trinajstić information content (AvgIpc) is 2.54. The number of aromatic nitrogens is 2. The molecule has 118 valence electrons. The van der Waals surface area contributed by atoms with E-state index in [9.17, 15) is 5.11 Å². The summed E-state index contributed by atoms with van der Waals surface area (Å²) in [4.78, 5) is 10.2. The second-order valence-corrected chi connectivity index (χ2v) is 6.30. The van der Waals surface area contributed by atoms with Crippen LogP contribution in [0.25, 0.3) is 0 Å². The van der Waals surface area contributed by atoms with Crippen LogP contribution < -0.4 is 4.90 Å². The van der Waals surface area contributed by atoms with Crippen molar-refractivity contribution in [2.24, 2.45) is 0 Å². The van der Waals surface area contributed by atoms with Gasteiger partial charge in [0.25, 0.3) is 0 Å². The summed E-state index contributed by atoms with van der Waals surface area (Å²) in [6.45, 7) is 1.32. The van der Waals surface area contributed by atoms with Crippen molar-refractivity contribution in [1.82, 2.24) is 9.97 Å². The second-order valence-electron chi connectivity index (χ2n) is 5.48. The number of hydrogen-bond acceptors (Lipinski definition) is 4. The van der Waals surface area contributed by atoms with Crippen molar-refractivity contribution >= 4 is 29.0 Å². The molecule has 0 unspecified atom stereocenters. The molecule has 0 radical (unpaired) electrons. The molecular formula is C17H15Cl2N3O. The van der Waals surface area contributed by atoms with E-state index in [1.165, 1.54) is 6.33 Å². The van der Waals surface area contributed by atoms with Crippen LogP contribution in [0.15, 0.2) is 36.7 Å². The van der Waals surface area contributed by atoms with Gasteiger partial charge in [-0.25, -0.2) is 9.97 Å². The maximum Gasteiger partial charge on any atom is 0.134 e. The summed E-state index contributed by atoms with van der Waals surface area (Å²) in [7, 11) is 0. The molecule has 0 atom stereocenters. The maximum atomic E-state index is 10.6. The van der Waals surface area contributed by atoms with Crippen LogP contribution in [0.3, 0.4) is 0 Å². The van der Waals surface area contributed by atoms with E-state index in [0.717, 1.165) is 11.4 Å². The van der Waals surface area contributed by atoms with Gasteiger partial charge in [0.2, 0.25) is 0 Å². The Balaban J connectivity index is 1.68. The van der Waals surface area contributed by atoms with Gasteiger partial charge in [-0.05, 0) is 18.2 Å². The summed E-state index contributed by atoms with van der Waals surface area (Å²) in [5, 5.41) is 11.7. The van der Waals surface area contributed by atoms with Crippen LogP contribution in [0, 0.1) is 11.8 Å². The molecular weight excluding hydrogens is 333 g/mol. The normalized spacial score (nSPS) is 16.6. The minimum absolute atomic E-state index is 0.414. The lowest BCUT2D eigenvalue weighted by Gasteiger charge is -2.35. The van der Waals surface area contributed by atoms with E-state index in [4.69, 9.17) is 23.2 Å². The predicted molar refractivity (Wildman–Crippen MR) is 91.8 cm³/mol. The molecule has 0 spiro atoms. The van der Waals surface area contributed by atoms with Crippen molar-refractivity contribution in [1.29, 1.82) is 0 Å². The van der Waals surface area contributed by atoms with Crippen molar-refractivity contribution in [3.05, 3.63) is 52.4 Å². The van der Waals surface area contributed by atoms with E-state index in [0.29, 0.717) is 36.1 Å². The molecule has 1 aromatic heterocycles. The third kappa shape index (κ3) is 4.14. The van der Waals surface area contributed by atoms with Gasteiger partial charge in [0, 0.05) is 42.6 Å². The Morgan fingerprint density at radius 1 is 1.13 bits per heavy atom. The number of benzene rings is 1. The Hall–Kier alpha value is -1.80. The van der Waals surface area contributed by atoms with E-state index in [1.807, 2.05) is 12.1 Å².